The van der Waals surface area contributed by atoms with Gasteiger partial charge < -0.3 is 14.8 Å². The van der Waals surface area contributed by atoms with Gasteiger partial charge in [-0.3, -0.25) is 19.4 Å². The number of hydrogen-bond donors (Lipinski definition) is 1. The molecule has 0 aromatic heterocycles. The van der Waals surface area contributed by atoms with Crippen molar-refractivity contribution in [2.75, 3.05) is 24.7 Å². The molecule has 4 rings (SSSR count). The average Bonchev–Trinajstić information content (AvgIpc) is 2.97. The SMILES string of the molecule is CC(C)C(NC(=O)CN1C(=O)C(C)N(c2ccc(F)cc2)C1=O)c1ccc2c(c1)OCCCO2. The second-order valence-corrected chi connectivity index (χ2v) is 8.78. The summed E-state index contributed by atoms with van der Waals surface area (Å²) >= 11 is 0. The summed E-state index contributed by atoms with van der Waals surface area (Å²) in [6.07, 6.45) is 0.791. The standard InChI is InChI=1S/C25H28FN3O5/c1-15(2)23(17-5-10-20-21(13-17)34-12-4-11-33-20)27-22(30)14-28-24(31)16(3)29(25(28)32)19-8-6-18(26)7-9-19/h5-10,13,15-16,23H,4,11-12,14H2,1-3H3,(H,27,30). The Morgan fingerprint density at radius 2 is 1.76 bits per heavy atom. The van der Waals surface area contributed by atoms with Crippen LogP contribution in [0.5, 0.6) is 11.5 Å². The minimum Gasteiger partial charge on any atom is -0.490 e. The molecular weight excluding hydrogens is 441 g/mol. The molecule has 2 aromatic carbocycles. The third-order valence-electron chi connectivity index (χ3n) is 5.97. The molecule has 34 heavy (non-hydrogen) atoms. The van der Waals surface area contributed by atoms with Gasteiger partial charge in [0.25, 0.3) is 5.91 Å². The highest BCUT2D eigenvalue weighted by molar-refractivity contribution is 6.15. The van der Waals surface area contributed by atoms with Crippen LogP contribution < -0.4 is 19.7 Å². The van der Waals surface area contributed by atoms with E-state index in [1.165, 1.54) is 29.2 Å². The number of halogens is 1. The molecule has 1 saturated heterocycles. The zero-order chi connectivity index (χ0) is 24.4. The summed E-state index contributed by atoms with van der Waals surface area (Å²) in [5.41, 5.74) is 1.23. The molecule has 8 nitrogen and oxygen atoms in total. The van der Waals surface area contributed by atoms with Gasteiger partial charge in [-0.15, -0.1) is 0 Å². The number of ether oxygens (including phenoxy) is 2. The first kappa shape index (κ1) is 23.5. The van der Waals surface area contributed by atoms with E-state index in [-0.39, 0.29) is 12.0 Å². The molecule has 0 saturated carbocycles. The lowest BCUT2D eigenvalue weighted by molar-refractivity contribution is -0.132. The van der Waals surface area contributed by atoms with Gasteiger partial charge in [-0.2, -0.15) is 0 Å². The molecular formula is C25H28FN3O5. The van der Waals surface area contributed by atoms with Crippen molar-refractivity contribution in [2.45, 2.75) is 39.3 Å². The Bertz CT molecular complexity index is 1090. The van der Waals surface area contributed by atoms with Crippen molar-refractivity contribution in [1.82, 2.24) is 10.2 Å². The zero-order valence-electron chi connectivity index (χ0n) is 19.4. The largest absolute Gasteiger partial charge is 0.490 e. The van der Waals surface area contributed by atoms with Gasteiger partial charge in [0, 0.05) is 12.1 Å². The van der Waals surface area contributed by atoms with Crippen LogP contribution in [0.1, 0.15) is 38.8 Å². The van der Waals surface area contributed by atoms with Gasteiger partial charge in [-0.25, -0.2) is 9.18 Å². The van der Waals surface area contributed by atoms with Crippen molar-refractivity contribution in [3.05, 3.63) is 53.8 Å². The maximum absolute atomic E-state index is 13.3. The van der Waals surface area contributed by atoms with E-state index in [1.807, 2.05) is 32.0 Å². The number of urea groups is 1. The molecule has 0 aliphatic carbocycles. The van der Waals surface area contributed by atoms with E-state index in [2.05, 4.69) is 5.32 Å². The van der Waals surface area contributed by atoms with Gasteiger partial charge in [0.1, 0.15) is 18.4 Å². The van der Waals surface area contributed by atoms with Crippen molar-refractivity contribution in [1.29, 1.82) is 0 Å². The number of fused-ring (bicyclic) bond motifs is 1. The molecule has 1 N–H and O–H groups in total. The van der Waals surface area contributed by atoms with Gasteiger partial charge in [0.05, 0.1) is 19.3 Å². The molecule has 2 heterocycles. The predicted molar refractivity (Wildman–Crippen MR) is 123 cm³/mol. The third-order valence-corrected chi connectivity index (χ3v) is 5.97. The smallest absolute Gasteiger partial charge is 0.332 e. The maximum atomic E-state index is 13.3. The first-order chi connectivity index (χ1) is 16.3. The number of nitrogens with zero attached hydrogens (tertiary/aromatic N) is 2. The van der Waals surface area contributed by atoms with Gasteiger partial charge >= 0.3 is 6.03 Å². The van der Waals surface area contributed by atoms with Crippen molar-refractivity contribution in [3.63, 3.8) is 0 Å². The van der Waals surface area contributed by atoms with Crippen LogP contribution in [0.4, 0.5) is 14.9 Å². The van der Waals surface area contributed by atoms with Crippen LogP contribution in [0.3, 0.4) is 0 Å². The fourth-order valence-corrected chi connectivity index (χ4v) is 4.18. The molecule has 180 valence electrons. The van der Waals surface area contributed by atoms with Gasteiger partial charge in [-0.05, 0) is 54.8 Å². The van der Waals surface area contributed by atoms with Gasteiger partial charge in [-0.1, -0.05) is 19.9 Å². The summed E-state index contributed by atoms with van der Waals surface area (Å²) < 4.78 is 24.7. The molecule has 2 aliphatic rings. The van der Waals surface area contributed by atoms with Crippen LogP contribution in [0.2, 0.25) is 0 Å². The van der Waals surface area contributed by atoms with Crippen LogP contribution in [0.15, 0.2) is 42.5 Å². The Balaban J connectivity index is 1.48. The predicted octanol–water partition coefficient (Wildman–Crippen LogP) is 3.66. The van der Waals surface area contributed by atoms with E-state index in [9.17, 15) is 18.8 Å². The Morgan fingerprint density at radius 1 is 1.09 bits per heavy atom. The average molecular weight is 470 g/mol. The third kappa shape index (κ3) is 4.69. The fraction of sp³-hybridized carbons (Fsp3) is 0.400. The van der Waals surface area contributed by atoms with Crippen LogP contribution in [0, 0.1) is 11.7 Å². The molecule has 9 heteroatoms. The van der Waals surface area contributed by atoms with E-state index in [4.69, 9.17) is 9.47 Å². The first-order valence-electron chi connectivity index (χ1n) is 11.4. The summed E-state index contributed by atoms with van der Waals surface area (Å²) in [6, 6.07) is 9.09. The van der Waals surface area contributed by atoms with Gasteiger partial charge in [0.2, 0.25) is 5.91 Å². The highest BCUT2D eigenvalue weighted by Gasteiger charge is 2.44. The molecule has 0 spiro atoms. The van der Waals surface area contributed by atoms with E-state index in [0.29, 0.717) is 30.4 Å². The van der Waals surface area contributed by atoms with E-state index >= 15 is 0 Å². The molecule has 1 fully saturated rings. The molecule has 4 amide bonds. The summed E-state index contributed by atoms with van der Waals surface area (Å²) in [5, 5.41) is 2.95. The number of hydrogen-bond acceptors (Lipinski definition) is 5. The van der Waals surface area contributed by atoms with E-state index < -0.39 is 36.2 Å². The topological polar surface area (TPSA) is 88.2 Å². The molecule has 2 aromatic rings. The van der Waals surface area contributed by atoms with Crippen LogP contribution in [0.25, 0.3) is 0 Å². The van der Waals surface area contributed by atoms with Crippen LogP contribution in [-0.4, -0.2) is 48.5 Å². The normalized spacial score (nSPS) is 18.8. The lowest BCUT2D eigenvalue weighted by Gasteiger charge is -2.25. The van der Waals surface area contributed by atoms with Crippen molar-refractivity contribution in [3.8, 4) is 11.5 Å². The highest BCUT2D eigenvalue weighted by atomic mass is 19.1. The quantitative estimate of drug-likeness (QED) is 0.653. The van der Waals surface area contributed by atoms with E-state index in [0.717, 1.165) is 16.9 Å². The van der Waals surface area contributed by atoms with E-state index in [1.54, 1.807) is 6.92 Å². The minimum atomic E-state index is -0.798. The Hall–Kier alpha value is -3.62. The number of nitrogens with one attached hydrogen (secondary N) is 1. The molecule has 2 atom stereocenters. The number of imide groups is 1. The number of carbonyl (C=O) groups is 3. The summed E-state index contributed by atoms with van der Waals surface area (Å²) in [4.78, 5) is 40.8. The molecule has 0 radical (unpaired) electrons. The van der Waals surface area contributed by atoms with Crippen molar-refractivity contribution < 1.29 is 28.2 Å². The number of carbonyl (C=O) groups excluding carboxylic acids is 3. The maximum Gasteiger partial charge on any atom is 0.332 e. The van der Waals surface area contributed by atoms with Crippen molar-refractivity contribution >= 4 is 23.5 Å². The molecule has 2 aliphatic heterocycles. The Kier molecular flexibility index (Phi) is 6.72. The second-order valence-electron chi connectivity index (χ2n) is 8.78. The summed E-state index contributed by atoms with van der Waals surface area (Å²) in [5.74, 6) is -0.0583. The number of rotatable bonds is 6. The monoisotopic (exact) mass is 469 g/mol. The molecule has 2 unspecified atom stereocenters. The highest BCUT2D eigenvalue weighted by Crippen LogP contribution is 2.34. The molecule has 0 bridgehead atoms. The number of anilines is 1. The lowest BCUT2D eigenvalue weighted by atomic mass is 9.95. The summed E-state index contributed by atoms with van der Waals surface area (Å²) in [7, 11) is 0. The summed E-state index contributed by atoms with van der Waals surface area (Å²) in [6.45, 7) is 6.25. The number of amides is 4. The van der Waals surface area contributed by atoms with Gasteiger partial charge in [0.15, 0.2) is 11.5 Å². The zero-order valence-corrected chi connectivity index (χ0v) is 19.4. The second kappa shape index (κ2) is 9.70. The number of benzene rings is 2. The lowest BCUT2D eigenvalue weighted by Crippen LogP contribution is -2.43. The minimum absolute atomic E-state index is 0.0355. The fourth-order valence-electron chi connectivity index (χ4n) is 4.18. The Morgan fingerprint density at radius 3 is 2.44 bits per heavy atom. The first-order valence-corrected chi connectivity index (χ1v) is 11.4. The van der Waals surface area contributed by atoms with Crippen LogP contribution in [-0.2, 0) is 9.59 Å². The van der Waals surface area contributed by atoms with Crippen LogP contribution >= 0.6 is 0 Å². The Labute approximate surface area is 197 Å². The van der Waals surface area contributed by atoms with Crippen molar-refractivity contribution in [2.24, 2.45) is 5.92 Å².